The Morgan fingerprint density at radius 3 is 2.44 bits per heavy atom. The molecule has 0 spiro atoms. The molecule has 1 atom stereocenters. The Balaban J connectivity index is 1.80. The second kappa shape index (κ2) is 9.13. The lowest BCUT2D eigenvalue weighted by Gasteiger charge is -2.25. The monoisotopic (exact) mass is 500 g/mol. The van der Waals surface area contributed by atoms with Crippen molar-refractivity contribution >= 4 is 44.1 Å². The molecule has 1 aliphatic rings. The molecule has 3 aromatic carbocycles. The van der Waals surface area contributed by atoms with Gasteiger partial charge in [0.15, 0.2) is 16.6 Å². The number of para-hydroxylation sites is 1. The van der Waals surface area contributed by atoms with Crippen LogP contribution in [0.5, 0.6) is 11.5 Å². The van der Waals surface area contributed by atoms with E-state index in [1.165, 1.54) is 30.5 Å². The number of anilines is 1. The Bertz CT molecular complexity index is 1540. The van der Waals surface area contributed by atoms with Crippen LogP contribution in [0.2, 0.25) is 0 Å². The fourth-order valence-corrected chi connectivity index (χ4v) is 5.83. The first-order valence-corrected chi connectivity index (χ1v) is 12.1. The van der Waals surface area contributed by atoms with Crippen LogP contribution >= 0.6 is 11.3 Å². The van der Waals surface area contributed by atoms with E-state index >= 15 is 0 Å². The molecule has 2 heterocycles. The number of thiazole rings is 1. The molecule has 8 heteroatoms. The first-order valence-electron chi connectivity index (χ1n) is 11.3. The molecule has 1 amide bonds. The number of aromatic nitrogens is 1. The van der Waals surface area contributed by atoms with Crippen molar-refractivity contribution in [3.63, 3.8) is 0 Å². The molecule has 1 saturated heterocycles. The maximum atomic E-state index is 13.5. The highest BCUT2D eigenvalue weighted by Crippen LogP contribution is 2.48. The number of nitrogens with zero attached hydrogens (tertiary/aromatic N) is 2. The third kappa shape index (κ3) is 3.70. The van der Waals surface area contributed by atoms with Gasteiger partial charge in [0, 0.05) is 11.1 Å². The number of ketones is 1. The zero-order valence-electron chi connectivity index (χ0n) is 20.2. The van der Waals surface area contributed by atoms with Crippen LogP contribution in [0, 0.1) is 13.8 Å². The second-order valence-electron chi connectivity index (χ2n) is 8.54. The van der Waals surface area contributed by atoms with E-state index in [0.717, 1.165) is 21.3 Å². The Kier molecular flexibility index (Phi) is 5.97. The zero-order valence-corrected chi connectivity index (χ0v) is 21.1. The standard InChI is InChI=1S/C28H24N2O5S/c1-15-13-16(2)22-20(14-15)36-28(29-22)30-23(18-11-8-12-19(34-3)26(18)35-4)21(25(32)27(30)33)24(31)17-9-6-5-7-10-17/h5-14,23,31H,1-4H3/b24-21+. The number of aliphatic hydroxyl groups excluding tert-OH is 1. The van der Waals surface area contributed by atoms with Crippen LogP contribution in [-0.2, 0) is 9.59 Å². The number of fused-ring (bicyclic) bond motifs is 1. The summed E-state index contributed by atoms with van der Waals surface area (Å²) < 4.78 is 12.1. The van der Waals surface area contributed by atoms with Crippen LogP contribution in [0.1, 0.15) is 28.3 Å². The van der Waals surface area contributed by atoms with E-state index in [2.05, 4.69) is 0 Å². The number of amides is 1. The highest BCUT2D eigenvalue weighted by Gasteiger charge is 2.49. The van der Waals surface area contributed by atoms with Gasteiger partial charge in [0.2, 0.25) is 0 Å². The molecule has 0 aliphatic carbocycles. The quantitative estimate of drug-likeness (QED) is 0.219. The van der Waals surface area contributed by atoms with E-state index in [-0.39, 0.29) is 11.3 Å². The number of Topliss-reactive ketones (excluding diaryl/α,β-unsaturated/α-hetero) is 1. The fraction of sp³-hybridized carbons (Fsp3) is 0.179. The van der Waals surface area contributed by atoms with Gasteiger partial charge in [0.1, 0.15) is 11.8 Å². The number of hydrogen-bond acceptors (Lipinski definition) is 7. The second-order valence-corrected chi connectivity index (χ2v) is 9.55. The van der Waals surface area contributed by atoms with Gasteiger partial charge in [-0.2, -0.15) is 0 Å². The third-order valence-corrected chi connectivity index (χ3v) is 7.25. The molecule has 0 bridgehead atoms. The normalized spacial score (nSPS) is 17.1. The van der Waals surface area contributed by atoms with Crippen LogP contribution in [0.3, 0.4) is 0 Å². The minimum atomic E-state index is -0.975. The van der Waals surface area contributed by atoms with Crippen molar-refractivity contribution in [1.29, 1.82) is 0 Å². The van der Waals surface area contributed by atoms with E-state index in [0.29, 0.717) is 27.8 Å². The first-order chi connectivity index (χ1) is 17.3. The summed E-state index contributed by atoms with van der Waals surface area (Å²) in [6.45, 7) is 3.96. The Morgan fingerprint density at radius 1 is 1.00 bits per heavy atom. The van der Waals surface area contributed by atoms with Crippen LogP contribution in [-0.4, -0.2) is 36.0 Å². The number of rotatable bonds is 5. The van der Waals surface area contributed by atoms with Crippen molar-refractivity contribution in [2.75, 3.05) is 19.1 Å². The minimum absolute atomic E-state index is 0.0371. The molecule has 1 aromatic heterocycles. The molecule has 5 rings (SSSR count). The van der Waals surface area contributed by atoms with E-state index in [1.54, 1.807) is 42.5 Å². The van der Waals surface area contributed by atoms with E-state index in [4.69, 9.17) is 14.5 Å². The van der Waals surface area contributed by atoms with Gasteiger partial charge in [-0.05, 0) is 37.1 Å². The molecule has 1 aliphatic heterocycles. The van der Waals surface area contributed by atoms with Crippen LogP contribution < -0.4 is 14.4 Å². The van der Waals surface area contributed by atoms with Crippen molar-refractivity contribution in [2.45, 2.75) is 19.9 Å². The number of aryl methyl sites for hydroxylation is 2. The van der Waals surface area contributed by atoms with Crippen molar-refractivity contribution in [1.82, 2.24) is 4.98 Å². The highest BCUT2D eigenvalue weighted by molar-refractivity contribution is 7.22. The Hall–Kier alpha value is -4.17. The summed E-state index contributed by atoms with van der Waals surface area (Å²) in [7, 11) is 3.01. The Morgan fingerprint density at radius 2 is 1.75 bits per heavy atom. The molecule has 1 N–H and O–H groups in total. The largest absolute Gasteiger partial charge is 0.507 e. The lowest BCUT2D eigenvalue weighted by Crippen LogP contribution is -2.29. The molecule has 7 nitrogen and oxygen atoms in total. The number of hydrogen-bond donors (Lipinski definition) is 1. The number of ether oxygens (including phenoxy) is 2. The van der Waals surface area contributed by atoms with Gasteiger partial charge in [-0.25, -0.2) is 4.98 Å². The topological polar surface area (TPSA) is 89.0 Å². The predicted molar refractivity (Wildman–Crippen MR) is 140 cm³/mol. The molecule has 36 heavy (non-hydrogen) atoms. The van der Waals surface area contributed by atoms with Gasteiger partial charge in [-0.15, -0.1) is 0 Å². The number of aliphatic hydroxyl groups is 1. The lowest BCUT2D eigenvalue weighted by atomic mass is 9.94. The number of carbonyl (C=O) groups excluding carboxylic acids is 2. The molecule has 0 saturated carbocycles. The summed E-state index contributed by atoms with van der Waals surface area (Å²) in [5, 5.41) is 11.7. The smallest absolute Gasteiger partial charge is 0.301 e. The third-order valence-electron chi connectivity index (χ3n) is 6.24. The number of benzene rings is 3. The SMILES string of the molecule is COc1cccc(C2/C(=C(\O)c3ccccc3)C(=O)C(=O)N2c2nc3c(C)cc(C)cc3s2)c1OC. The van der Waals surface area contributed by atoms with Crippen LogP contribution in [0.15, 0.2) is 66.2 Å². The summed E-state index contributed by atoms with van der Waals surface area (Å²) in [5.74, 6) is -1.02. The van der Waals surface area contributed by atoms with Gasteiger partial charge in [0.25, 0.3) is 5.78 Å². The van der Waals surface area contributed by atoms with Crippen LogP contribution in [0.25, 0.3) is 16.0 Å². The first kappa shape index (κ1) is 23.6. The van der Waals surface area contributed by atoms with Gasteiger partial charge in [-0.1, -0.05) is 59.9 Å². The lowest BCUT2D eigenvalue weighted by molar-refractivity contribution is -0.132. The Labute approximate surface area is 212 Å². The fourth-order valence-electron chi connectivity index (χ4n) is 4.66. The summed E-state index contributed by atoms with van der Waals surface area (Å²) in [6, 6.07) is 17.0. The summed E-state index contributed by atoms with van der Waals surface area (Å²) >= 11 is 1.33. The maximum absolute atomic E-state index is 13.5. The summed E-state index contributed by atoms with van der Waals surface area (Å²) in [6.07, 6.45) is 0. The molecular weight excluding hydrogens is 476 g/mol. The summed E-state index contributed by atoms with van der Waals surface area (Å²) in [4.78, 5) is 33.1. The zero-order chi connectivity index (χ0) is 25.6. The molecular formula is C28H24N2O5S. The average Bonchev–Trinajstić information content (AvgIpc) is 3.42. The molecule has 0 radical (unpaired) electrons. The maximum Gasteiger partial charge on any atom is 0.301 e. The minimum Gasteiger partial charge on any atom is -0.507 e. The van der Waals surface area contributed by atoms with E-state index in [1.807, 2.05) is 32.0 Å². The van der Waals surface area contributed by atoms with E-state index < -0.39 is 17.7 Å². The summed E-state index contributed by atoms with van der Waals surface area (Å²) in [5.41, 5.74) is 3.71. The van der Waals surface area contributed by atoms with Crippen molar-refractivity contribution < 1.29 is 24.2 Å². The molecule has 1 unspecified atom stereocenters. The van der Waals surface area contributed by atoms with Crippen molar-refractivity contribution in [2.24, 2.45) is 0 Å². The van der Waals surface area contributed by atoms with Crippen molar-refractivity contribution in [3.05, 3.63) is 88.5 Å². The molecule has 1 fully saturated rings. The number of methoxy groups -OCH3 is 2. The molecule has 182 valence electrons. The molecule has 4 aromatic rings. The predicted octanol–water partition coefficient (Wildman–Crippen LogP) is 5.56. The van der Waals surface area contributed by atoms with E-state index in [9.17, 15) is 14.7 Å². The van der Waals surface area contributed by atoms with Gasteiger partial charge in [0.05, 0.1) is 30.0 Å². The number of carbonyl (C=O) groups is 2. The van der Waals surface area contributed by atoms with Crippen molar-refractivity contribution in [3.8, 4) is 11.5 Å². The average molecular weight is 501 g/mol. The van der Waals surface area contributed by atoms with Gasteiger partial charge in [-0.3, -0.25) is 14.5 Å². The van der Waals surface area contributed by atoms with Crippen LogP contribution in [0.4, 0.5) is 5.13 Å². The highest BCUT2D eigenvalue weighted by atomic mass is 32.1. The van der Waals surface area contributed by atoms with Gasteiger partial charge >= 0.3 is 5.91 Å². The van der Waals surface area contributed by atoms with Gasteiger partial charge < -0.3 is 14.6 Å².